The van der Waals surface area contributed by atoms with Gasteiger partial charge in [-0.3, -0.25) is 10.2 Å². The fourth-order valence-corrected chi connectivity index (χ4v) is 3.59. The van der Waals surface area contributed by atoms with Crippen LogP contribution < -0.4 is 11.3 Å². The minimum Gasteiger partial charge on any atom is -0.458 e. The first kappa shape index (κ1) is 18.4. The zero-order chi connectivity index (χ0) is 17.9. The Balaban J connectivity index is 2.65. The number of furan rings is 1. The molecule has 1 aromatic heterocycles. The number of hydrazine groups is 1. The lowest BCUT2D eigenvalue weighted by Gasteiger charge is -2.32. The second-order valence-electron chi connectivity index (χ2n) is 7.01. The highest BCUT2D eigenvalue weighted by Crippen LogP contribution is 2.43. The summed E-state index contributed by atoms with van der Waals surface area (Å²) in [6.07, 6.45) is 1.44. The molecule has 0 fully saturated rings. The summed E-state index contributed by atoms with van der Waals surface area (Å²) in [7, 11) is -0.944. The van der Waals surface area contributed by atoms with Gasteiger partial charge in [-0.25, -0.2) is 5.84 Å². The Morgan fingerprint density at radius 1 is 1.25 bits per heavy atom. The molecule has 0 spiro atoms. The van der Waals surface area contributed by atoms with Gasteiger partial charge in [-0.15, -0.1) is 0 Å². The molecule has 5 nitrogen and oxygen atoms in total. The maximum absolute atomic E-state index is 12.2. The minimum absolute atomic E-state index is 0.147. The molecule has 1 aromatic carbocycles. The summed E-state index contributed by atoms with van der Waals surface area (Å²) < 4.78 is 11.9. The minimum atomic E-state index is -0.944. The number of benzene rings is 1. The van der Waals surface area contributed by atoms with Gasteiger partial charge in [0.2, 0.25) is 14.8 Å². The molecule has 0 aliphatic carbocycles. The Morgan fingerprint density at radius 2 is 1.88 bits per heavy atom. The summed E-state index contributed by atoms with van der Waals surface area (Å²) in [5, 5.41) is 0. The smallest absolute Gasteiger partial charge is 0.301 e. The van der Waals surface area contributed by atoms with Crippen molar-refractivity contribution in [3.63, 3.8) is 0 Å². The summed E-state index contributed by atoms with van der Waals surface area (Å²) in [5.41, 5.74) is 4.52. The molecule has 1 radical (unpaired) electrons. The van der Waals surface area contributed by atoms with Crippen molar-refractivity contribution in [1.82, 2.24) is 5.43 Å². The van der Waals surface area contributed by atoms with E-state index >= 15 is 0 Å². The van der Waals surface area contributed by atoms with Crippen molar-refractivity contribution in [2.24, 2.45) is 11.3 Å². The molecule has 2 rings (SSSR count). The third kappa shape index (κ3) is 3.95. The first-order valence-electron chi connectivity index (χ1n) is 7.90. The zero-order valence-corrected chi connectivity index (χ0v) is 15.8. The number of nitrogen functional groups attached to an aromatic ring is 1. The Kier molecular flexibility index (Phi) is 5.64. The topological polar surface area (TPSA) is 77.5 Å². The van der Waals surface area contributed by atoms with Crippen molar-refractivity contribution >= 4 is 14.9 Å². The van der Waals surface area contributed by atoms with Crippen LogP contribution in [-0.4, -0.2) is 14.9 Å². The van der Waals surface area contributed by atoms with Gasteiger partial charge in [0.1, 0.15) is 0 Å². The standard InChI is InChI=1S/C18H25N2O3Si/c1-18(2,3)16(23-24(4)5)13-11-22-15(17(21)20-19)14(13)12-9-7-6-8-10-12/h6-11,16H,19H2,1-5H3,(H,20,21). The van der Waals surface area contributed by atoms with Crippen molar-refractivity contribution < 1.29 is 13.6 Å². The van der Waals surface area contributed by atoms with Crippen LogP contribution in [0.2, 0.25) is 13.1 Å². The normalized spacial score (nSPS) is 13.1. The van der Waals surface area contributed by atoms with Crippen LogP contribution in [0.5, 0.6) is 0 Å². The quantitative estimate of drug-likeness (QED) is 0.373. The lowest BCUT2D eigenvalue weighted by atomic mass is 9.83. The second kappa shape index (κ2) is 7.34. The van der Waals surface area contributed by atoms with Crippen molar-refractivity contribution in [3.8, 4) is 11.1 Å². The molecule has 1 heterocycles. The van der Waals surface area contributed by atoms with E-state index in [2.05, 4.69) is 39.3 Å². The van der Waals surface area contributed by atoms with Gasteiger partial charge in [0.05, 0.1) is 12.4 Å². The molecule has 0 aliphatic heterocycles. The highest BCUT2D eigenvalue weighted by Gasteiger charge is 2.34. The zero-order valence-electron chi connectivity index (χ0n) is 14.8. The molecular formula is C18H25N2O3Si. The van der Waals surface area contributed by atoms with E-state index in [-0.39, 0.29) is 17.3 Å². The van der Waals surface area contributed by atoms with E-state index in [1.807, 2.05) is 30.3 Å². The van der Waals surface area contributed by atoms with Crippen LogP contribution >= 0.6 is 0 Å². The molecule has 3 N–H and O–H groups in total. The van der Waals surface area contributed by atoms with E-state index in [0.29, 0.717) is 0 Å². The van der Waals surface area contributed by atoms with Crippen molar-refractivity contribution in [2.45, 2.75) is 40.0 Å². The second-order valence-corrected chi connectivity index (χ2v) is 9.06. The van der Waals surface area contributed by atoms with E-state index in [0.717, 1.165) is 16.7 Å². The fourth-order valence-electron chi connectivity index (χ4n) is 2.64. The monoisotopic (exact) mass is 345 g/mol. The first-order chi connectivity index (χ1) is 11.3. The molecule has 1 unspecified atom stereocenters. The molecule has 0 aliphatic rings. The molecule has 1 amide bonds. The van der Waals surface area contributed by atoms with Crippen LogP contribution in [0.25, 0.3) is 11.1 Å². The Morgan fingerprint density at radius 3 is 2.38 bits per heavy atom. The summed E-state index contributed by atoms with van der Waals surface area (Å²) in [6, 6.07) is 9.69. The number of hydrogen-bond acceptors (Lipinski definition) is 4. The van der Waals surface area contributed by atoms with Gasteiger partial charge in [0, 0.05) is 11.1 Å². The Hall–Kier alpha value is -1.89. The SMILES string of the molecule is C[Si](C)OC(c1coc(C(=O)NN)c1-c1ccccc1)C(C)(C)C. The predicted octanol–water partition coefficient (Wildman–Crippen LogP) is 3.91. The molecule has 0 saturated carbocycles. The average molecular weight is 345 g/mol. The Bertz CT molecular complexity index is 690. The maximum Gasteiger partial charge on any atom is 0.301 e. The largest absolute Gasteiger partial charge is 0.458 e. The molecule has 2 aromatic rings. The lowest BCUT2D eigenvalue weighted by Crippen LogP contribution is -2.30. The third-order valence-corrected chi connectivity index (χ3v) is 4.35. The van der Waals surface area contributed by atoms with E-state index < -0.39 is 14.9 Å². The molecule has 24 heavy (non-hydrogen) atoms. The van der Waals surface area contributed by atoms with Crippen LogP contribution in [0.1, 0.15) is 43.0 Å². The highest BCUT2D eigenvalue weighted by atomic mass is 28.3. The number of amides is 1. The number of nitrogens with one attached hydrogen (secondary N) is 1. The fraction of sp³-hybridized carbons (Fsp3) is 0.389. The van der Waals surface area contributed by atoms with Crippen LogP contribution in [-0.2, 0) is 4.43 Å². The third-order valence-electron chi connectivity index (χ3n) is 3.64. The number of rotatable bonds is 5. The Labute approximate surface area is 144 Å². The predicted molar refractivity (Wildman–Crippen MR) is 96.6 cm³/mol. The van der Waals surface area contributed by atoms with Crippen LogP contribution in [0.15, 0.2) is 41.0 Å². The van der Waals surface area contributed by atoms with E-state index in [9.17, 15) is 4.79 Å². The van der Waals surface area contributed by atoms with Gasteiger partial charge in [0.25, 0.3) is 0 Å². The summed E-state index contributed by atoms with van der Waals surface area (Å²) >= 11 is 0. The van der Waals surface area contributed by atoms with Crippen molar-refractivity contribution in [2.75, 3.05) is 0 Å². The van der Waals surface area contributed by atoms with Crippen LogP contribution in [0.3, 0.4) is 0 Å². The first-order valence-corrected chi connectivity index (χ1v) is 10.3. The van der Waals surface area contributed by atoms with Gasteiger partial charge in [-0.1, -0.05) is 51.1 Å². The lowest BCUT2D eigenvalue weighted by molar-refractivity contribution is 0.0864. The van der Waals surface area contributed by atoms with Gasteiger partial charge < -0.3 is 8.84 Å². The molecule has 0 saturated heterocycles. The van der Waals surface area contributed by atoms with E-state index in [4.69, 9.17) is 14.7 Å². The van der Waals surface area contributed by atoms with Crippen molar-refractivity contribution in [1.29, 1.82) is 0 Å². The van der Waals surface area contributed by atoms with Gasteiger partial charge in [0.15, 0.2) is 0 Å². The van der Waals surface area contributed by atoms with Gasteiger partial charge in [-0.2, -0.15) is 0 Å². The summed E-state index contributed by atoms with van der Waals surface area (Å²) in [4.78, 5) is 12.2. The van der Waals surface area contributed by atoms with Gasteiger partial charge in [-0.05, 0) is 24.1 Å². The number of nitrogens with two attached hydrogens (primary N) is 1. The number of hydrogen-bond donors (Lipinski definition) is 2. The highest BCUT2D eigenvalue weighted by molar-refractivity contribution is 6.48. The number of carbonyl (C=O) groups is 1. The van der Waals surface area contributed by atoms with Crippen LogP contribution in [0, 0.1) is 5.41 Å². The maximum atomic E-state index is 12.2. The molecular weight excluding hydrogens is 320 g/mol. The van der Waals surface area contributed by atoms with Crippen LogP contribution in [0.4, 0.5) is 0 Å². The van der Waals surface area contributed by atoms with Crippen molar-refractivity contribution in [3.05, 3.63) is 47.9 Å². The molecule has 6 heteroatoms. The van der Waals surface area contributed by atoms with E-state index in [1.165, 1.54) is 0 Å². The van der Waals surface area contributed by atoms with E-state index in [1.54, 1.807) is 6.26 Å². The average Bonchev–Trinajstić information content (AvgIpc) is 2.95. The molecule has 0 bridgehead atoms. The molecule has 129 valence electrons. The summed E-state index contributed by atoms with van der Waals surface area (Å²) in [6.45, 7) is 10.5. The van der Waals surface area contributed by atoms with Gasteiger partial charge >= 0.3 is 5.91 Å². The number of carbonyl (C=O) groups excluding carboxylic acids is 1. The summed E-state index contributed by atoms with van der Waals surface area (Å²) in [5.74, 6) is 5.07. The molecule has 1 atom stereocenters.